The molecule has 5 nitrogen and oxygen atoms in total. The number of hydrogen-bond acceptors (Lipinski definition) is 4. The monoisotopic (exact) mass is 398 g/mol. The molecule has 0 fully saturated rings. The first kappa shape index (κ1) is 17.6. The number of amides is 2. The van der Waals surface area contributed by atoms with Crippen LogP contribution in [0.3, 0.4) is 0 Å². The highest BCUT2D eigenvalue weighted by molar-refractivity contribution is 7.20. The molecule has 0 bridgehead atoms. The Balaban J connectivity index is 1.49. The average molecular weight is 399 g/mol. The molecule has 1 aliphatic rings. The predicted molar refractivity (Wildman–Crippen MR) is 110 cm³/mol. The molecule has 0 spiro atoms. The molecule has 136 valence electrons. The molecular formula is C20H15ClN2O3S. The number of thiophene rings is 1. The quantitative estimate of drug-likeness (QED) is 0.615. The van der Waals surface area contributed by atoms with Gasteiger partial charge in [-0.2, -0.15) is 0 Å². The van der Waals surface area contributed by atoms with Crippen LogP contribution in [0, 0.1) is 0 Å². The van der Waals surface area contributed by atoms with Crippen LogP contribution in [0.25, 0.3) is 16.2 Å². The van der Waals surface area contributed by atoms with Gasteiger partial charge in [-0.3, -0.25) is 9.59 Å². The molecule has 0 aliphatic carbocycles. The molecule has 2 N–H and O–H groups in total. The third-order valence-electron chi connectivity index (χ3n) is 4.12. The second-order valence-corrected chi connectivity index (χ2v) is 7.52. The molecule has 0 radical (unpaired) electrons. The Bertz CT molecular complexity index is 1090. The number of rotatable bonds is 3. The molecule has 3 aromatic rings. The van der Waals surface area contributed by atoms with Crippen LogP contribution in [0.1, 0.15) is 11.8 Å². The van der Waals surface area contributed by atoms with Crippen LogP contribution in [-0.2, 0) is 9.59 Å². The van der Waals surface area contributed by atoms with Crippen molar-refractivity contribution in [1.82, 2.24) is 0 Å². The third kappa shape index (κ3) is 3.54. The Morgan fingerprint density at radius 3 is 2.93 bits per heavy atom. The van der Waals surface area contributed by atoms with Gasteiger partial charge in [-0.05, 0) is 37.3 Å². The van der Waals surface area contributed by atoms with E-state index < -0.39 is 6.10 Å². The molecule has 1 aromatic heterocycles. The van der Waals surface area contributed by atoms with E-state index in [1.807, 2.05) is 24.3 Å². The summed E-state index contributed by atoms with van der Waals surface area (Å²) < 4.78 is 6.57. The number of halogens is 1. The Morgan fingerprint density at radius 2 is 2.11 bits per heavy atom. The zero-order valence-corrected chi connectivity index (χ0v) is 15.9. The van der Waals surface area contributed by atoms with E-state index in [1.54, 1.807) is 31.2 Å². The van der Waals surface area contributed by atoms with Gasteiger partial charge in [-0.1, -0.05) is 29.8 Å². The number of hydrogen-bond donors (Lipinski definition) is 2. The highest BCUT2D eigenvalue weighted by atomic mass is 35.5. The summed E-state index contributed by atoms with van der Waals surface area (Å²) in [5.41, 5.74) is 1.09. The number of anilines is 2. The van der Waals surface area contributed by atoms with Crippen molar-refractivity contribution in [3.05, 3.63) is 58.4 Å². The number of fused-ring (bicyclic) bond motifs is 2. The minimum atomic E-state index is -0.535. The fraction of sp³-hybridized carbons (Fsp3) is 0.100. The number of benzene rings is 2. The molecule has 2 amide bonds. The molecule has 4 rings (SSSR count). The summed E-state index contributed by atoms with van der Waals surface area (Å²) in [5, 5.41) is 7.14. The molecular weight excluding hydrogens is 384 g/mol. The van der Waals surface area contributed by atoms with Gasteiger partial charge in [0.25, 0.3) is 5.91 Å². The first-order chi connectivity index (χ1) is 13.0. The van der Waals surface area contributed by atoms with Crippen molar-refractivity contribution in [3.63, 3.8) is 0 Å². The van der Waals surface area contributed by atoms with Gasteiger partial charge in [-0.15, -0.1) is 11.3 Å². The highest BCUT2D eigenvalue weighted by Crippen LogP contribution is 2.36. The van der Waals surface area contributed by atoms with Crippen molar-refractivity contribution in [1.29, 1.82) is 0 Å². The van der Waals surface area contributed by atoms with Crippen LogP contribution in [-0.4, -0.2) is 17.9 Å². The zero-order chi connectivity index (χ0) is 19.0. The van der Waals surface area contributed by atoms with E-state index in [0.29, 0.717) is 22.1 Å². The fourth-order valence-corrected chi connectivity index (χ4v) is 4.16. The number of carbonyl (C=O) groups excluding carboxylic acids is 2. The van der Waals surface area contributed by atoms with Crippen LogP contribution < -0.4 is 15.4 Å². The molecule has 2 heterocycles. The van der Waals surface area contributed by atoms with Crippen molar-refractivity contribution >= 4 is 62.3 Å². The number of ether oxygens (including phenoxy) is 1. The Labute approximate surface area is 164 Å². The summed E-state index contributed by atoms with van der Waals surface area (Å²) in [6, 6.07) is 12.9. The van der Waals surface area contributed by atoms with Gasteiger partial charge in [0, 0.05) is 26.7 Å². The van der Waals surface area contributed by atoms with Crippen LogP contribution in [0.2, 0.25) is 5.02 Å². The van der Waals surface area contributed by atoms with E-state index >= 15 is 0 Å². The lowest BCUT2D eigenvalue weighted by molar-refractivity contribution is -0.122. The van der Waals surface area contributed by atoms with Gasteiger partial charge < -0.3 is 15.4 Å². The molecule has 0 saturated heterocycles. The zero-order valence-electron chi connectivity index (χ0n) is 14.3. The Morgan fingerprint density at radius 1 is 1.30 bits per heavy atom. The van der Waals surface area contributed by atoms with Crippen LogP contribution >= 0.6 is 22.9 Å². The minimum Gasteiger partial charge on any atom is -0.479 e. The maximum Gasteiger partial charge on any atom is 0.265 e. The standard InChI is InChI=1S/C20H15ClN2O3S/c1-11-20(25)23-14-10-12(6-7-15(14)26-11)22-18(24)9-8-17-19(21)13-4-2-3-5-16(13)27-17/h2-11H,1H3,(H,22,24)(H,23,25)/b9-8+/t11-/m1/s1. The van der Waals surface area contributed by atoms with Gasteiger partial charge in [0.15, 0.2) is 6.10 Å². The molecule has 1 aliphatic heterocycles. The Kier molecular flexibility index (Phi) is 4.59. The smallest absolute Gasteiger partial charge is 0.265 e. The van der Waals surface area contributed by atoms with Crippen LogP contribution in [0.15, 0.2) is 48.5 Å². The maximum absolute atomic E-state index is 12.2. The lowest BCUT2D eigenvalue weighted by Gasteiger charge is -2.23. The topological polar surface area (TPSA) is 67.4 Å². The first-order valence-electron chi connectivity index (χ1n) is 8.29. The van der Waals surface area contributed by atoms with Crippen molar-refractivity contribution < 1.29 is 14.3 Å². The molecule has 2 aromatic carbocycles. The van der Waals surface area contributed by atoms with Crippen molar-refractivity contribution in [2.24, 2.45) is 0 Å². The molecule has 1 atom stereocenters. The minimum absolute atomic E-state index is 0.217. The van der Waals surface area contributed by atoms with Gasteiger partial charge in [0.05, 0.1) is 10.7 Å². The van der Waals surface area contributed by atoms with E-state index in [2.05, 4.69) is 10.6 Å². The van der Waals surface area contributed by atoms with Gasteiger partial charge >= 0.3 is 0 Å². The van der Waals surface area contributed by atoms with Crippen LogP contribution in [0.5, 0.6) is 5.75 Å². The van der Waals surface area contributed by atoms with E-state index in [1.165, 1.54) is 17.4 Å². The predicted octanol–water partition coefficient (Wildman–Crippen LogP) is 4.93. The van der Waals surface area contributed by atoms with E-state index in [9.17, 15) is 9.59 Å². The summed E-state index contributed by atoms with van der Waals surface area (Å²) in [4.78, 5) is 24.8. The second-order valence-electron chi connectivity index (χ2n) is 6.06. The summed E-state index contributed by atoms with van der Waals surface area (Å²) in [6.45, 7) is 1.68. The third-order valence-corrected chi connectivity index (χ3v) is 5.78. The first-order valence-corrected chi connectivity index (χ1v) is 9.48. The van der Waals surface area contributed by atoms with E-state index in [-0.39, 0.29) is 11.8 Å². The normalized spacial score (nSPS) is 16.1. The molecule has 7 heteroatoms. The SMILES string of the molecule is C[C@H]1Oc2ccc(NC(=O)/C=C/c3sc4ccccc4c3Cl)cc2NC1=O. The van der Waals surface area contributed by atoms with E-state index in [0.717, 1.165) is 15.0 Å². The summed E-state index contributed by atoms with van der Waals surface area (Å²) in [6.07, 6.45) is 2.60. The summed E-state index contributed by atoms with van der Waals surface area (Å²) >= 11 is 7.91. The van der Waals surface area contributed by atoms with Crippen molar-refractivity contribution in [2.75, 3.05) is 10.6 Å². The summed E-state index contributed by atoms with van der Waals surface area (Å²) in [5.74, 6) is 0.0675. The summed E-state index contributed by atoms with van der Waals surface area (Å²) in [7, 11) is 0. The van der Waals surface area contributed by atoms with Crippen molar-refractivity contribution in [2.45, 2.75) is 13.0 Å². The van der Waals surface area contributed by atoms with Gasteiger partial charge in [-0.25, -0.2) is 0 Å². The van der Waals surface area contributed by atoms with Gasteiger partial charge in [0.2, 0.25) is 5.91 Å². The average Bonchev–Trinajstić information content (AvgIpc) is 2.97. The van der Waals surface area contributed by atoms with Crippen molar-refractivity contribution in [3.8, 4) is 5.75 Å². The molecule has 27 heavy (non-hydrogen) atoms. The van der Waals surface area contributed by atoms with Gasteiger partial charge in [0.1, 0.15) is 5.75 Å². The molecule has 0 unspecified atom stereocenters. The van der Waals surface area contributed by atoms with Crippen LogP contribution in [0.4, 0.5) is 11.4 Å². The lowest BCUT2D eigenvalue weighted by Crippen LogP contribution is -2.34. The molecule has 0 saturated carbocycles. The number of carbonyl (C=O) groups is 2. The largest absolute Gasteiger partial charge is 0.479 e. The highest BCUT2D eigenvalue weighted by Gasteiger charge is 2.23. The number of nitrogens with one attached hydrogen (secondary N) is 2. The maximum atomic E-state index is 12.2. The second kappa shape index (κ2) is 7.06. The fourth-order valence-electron chi connectivity index (χ4n) is 2.76. The van der Waals surface area contributed by atoms with E-state index in [4.69, 9.17) is 16.3 Å². The lowest BCUT2D eigenvalue weighted by atomic mass is 10.2. The Hall–Kier alpha value is -2.83.